The van der Waals surface area contributed by atoms with Crippen LogP contribution in [0.4, 0.5) is 0 Å². The van der Waals surface area contributed by atoms with Gasteiger partial charge < -0.3 is 40.6 Å². The largest absolute Gasteiger partial charge is 0.394 e. The van der Waals surface area contributed by atoms with E-state index in [9.17, 15) is 15.0 Å². The third-order valence-corrected chi connectivity index (χ3v) is 3.02. The molecule has 0 spiro atoms. The predicted octanol–water partition coefficient (Wildman–Crippen LogP) is -3.08. The average molecular weight is 308 g/mol. The zero-order valence-electron chi connectivity index (χ0n) is 12.0. The van der Waals surface area contributed by atoms with Crippen LogP contribution in [0.3, 0.4) is 0 Å². The van der Waals surface area contributed by atoms with Gasteiger partial charge in [-0.25, -0.2) is 0 Å². The van der Waals surface area contributed by atoms with Gasteiger partial charge in [0.05, 0.1) is 26.4 Å². The van der Waals surface area contributed by atoms with Crippen molar-refractivity contribution in [1.29, 1.82) is 0 Å². The first kappa shape index (κ1) is 18.2. The Labute approximate surface area is 123 Å². The van der Waals surface area contributed by atoms with Gasteiger partial charge in [-0.15, -0.1) is 0 Å². The molecule has 0 saturated carbocycles. The maximum absolute atomic E-state index is 11.2. The van der Waals surface area contributed by atoms with Crippen LogP contribution < -0.4 is 11.1 Å². The molecule has 1 saturated heterocycles. The molecule has 0 aliphatic carbocycles. The zero-order valence-corrected chi connectivity index (χ0v) is 12.0. The van der Waals surface area contributed by atoms with E-state index in [2.05, 4.69) is 5.32 Å². The maximum atomic E-state index is 11.2. The molecule has 1 fully saturated rings. The molecular formula is C12H24N2O7. The number of aliphatic hydroxyl groups excluding tert-OH is 3. The summed E-state index contributed by atoms with van der Waals surface area (Å²) in [6.07, 6.45) is -4.61. The lowest BCUT2D eigenvalue weighted by atomic mass is 9.97. The van der Waals surface area contributed by atoms with Crippen LogP contribution in [0.1, 0.15) is 6.92 Å². The molecule has 1 amide bonds. The molecule has 9 heteroatoms. The van der Waals surface area contributed by atoms with E-state index in [1.54, 1.807) is 0 Å². The minimum atomic E-state index is -1.32. The number of ether oxygens (including phenoxy) is 3. The van der Waals surface area contributed by atoms with Crippen LogP contribution in [0, 0.1) is 0 Å². The average Bonchev–Trinajstić information content (AvgIpc) is 2.45. The lowest BCUT2D eigenvalue weighted by molar-refractivity contribution is -0.272. The summed E-state index contributed by atoms with van der Waals surface area (Å²) in [4.78, 5) is 11.2. The fraction of sp³-hybridized carbons (Fsp3) is 0.917. The van der Waals surface area contributed by atoms with Crippen molar-refractivity contribution in [2.24, 2.45) is 5.73 Å². The molecule has 1 aliphatic rings. The first-order valence-corrected chi connectivity index (χ1v) is 6.80. The summed E-state index contributed by atoms with van der Waals surface area (Å²) < 4.78 is 15.9. The van der Waals surface area contributed by atoms with Crippen LogP contribution in [0.5, 0.6) is 0 Å². The van der Waals surface area contributed by atoms with E-state index in [0.717, 1.165) is 0 Å². The number of hydrogen-bond donors (Lipinski definition) is 5. The summed E-state index contributed by atoms with van der Waals surface area (Å²) in [5, 5.41) is 31.4. The smallest absolute Gasteiger partial charge is 0.217 e. The molecule has 0 radical (unpaired) electrons. The van der Waals surface area contributed by atoms with E-state index in [1.165, 1.54) is 6.92 Å². The van der Waals surface area contributed by atoms with Crippen LogP contribution in [0.25, 0.3) is 0 Å². The van der Waals surface area contributed by atoms with Crippen molar-refractivity contribution >= 4 is 5.91 Å². The van der Waals surface area contributed by atoms with Crippen LogP contribution >= 0.6 is 0 Å². The van der Waals surface area contributed by atoms with Gasteiger partial charge in [-0.3, -0.25) is 4.79 Å². The summed E-state index contributed by atoms with van der Waals surface area (Å²) in [7, 11) is 0. The number of nitrogens with two attached hydrogens (primary N) is 1. The van der Waals surface area contributed by atoms with Crippen molar-refractivity contribution in [2.45, 2.75) is 37.6 Å². The number of nitrogens with one attached hydrogen (secondary N) is 1. The second kappa shape index (κ2) is 9.26. The maximum Gasteiger partial charge on any atom is 0.217 e. The van der Waals surface area contributed by atoms with E-state index in [-0.39, 0.29) is 13.2 Å². The van der Waals surface area contributed by atoms with E-state index < -0.39 is 43.2 Å². The predicted molar refractivity (Wildman–Crippen MR) is 71.2 cm³/mol. The third kappa shape index (κ3) is 5.47. The molecule has 0 aromatic heterocycles. The number of carbonyl (C=O) groups excluding carboxylic acids is 1. The van der Waals surface area contributed by atoms with E-state index >= 15 is 0 Å². The van der Waals surface area contributed by atoms with Crippen molar-refractivity contribution in [1.82, 2.24) is 5.32 Å². The van der Waals surface area contributed by atoms with Crippen molar-refractivity contribution in [3.8, 4) is 0 Å². The van der Waals surface area contributed by atoms with Crippen LogP contribution in [0.15, 0.2) is 0 Å². The molecule has 5 atom stereocenters. The van der Waals surface area contributed by atoms with Gasteiger partial charge in [0.1, 0.15) is 24.4 Å². The molecule has 6 N–H and O–H groups in total. The van der Waals surface area contributed by atoms with E-state index in [0.29, 0.717) is 13.2 Å². The molecule has 1 heterocycles. The normalized spacial score (nSPS) is 32.9. The topological polar surface area (TPSA) is 144 Å². The Morgan fingerprint density at radius 3 is 2.57 bits per heavy atom. The van der Waals surface area contributed by atoms with Gasteiger partial charge >= 0.3 is 0 Å². The molecule has 0 aromatic rings. The second-order valence-electron chi connectivity index (χ2n) is 4.70. The van der Waals surface area contributed by atoms with Crippen molar-refractivity contribution in [2.75, 3.05) is 33.0 Å². The summed E-state index contributed by atoms with van der Waals surface area (Å²) in [6.45, 7) is 2.01. The monoisotopic (exact) mass is 308 g/mol. The number of aliphatic hydroxyl groups is 3. The van der Waals surface area contributed by atoms with Crippen LogP contribution in [0.2, 0.25) is 0 Å². The van der Waals surface area contributed by atoms with Gasteiger partial charge in [0.25, 0.3) is 0 Å². The number of amides is 1. The van der Waals surface area contributed by atoms with Crippen molar-refractivity contribution < 1.29 is 34.3 Å². The van der Waals surface area contributed by atoms with Gasteiger partial charge in [-0.05, 0) is 0 Å². The highest BCUT2D eigenvalue weighted by atomic mass is 16.7. The summed E-state index contributed by atoms with van der Waals surface area (Å²) in [5.41, 5.74) is 5.27. The van der Waals surface area contributed by atoms with Crippen molar-refractivity contribution in [3.05, 3.63) is 0 Å². The Hall–Kier alpha value is -0.810. The lowest BCUT2D eigenvalue weighted by Gasteiger charge is -2.42. The van der Waals surface area contributed by atoms with Crippen molar-refractivity contribution in [3.63, 3.8) is 0 Å². The lowest BCUT2D eigenvalue weighted by Crippen LogP contribution is -2.64. The highest BCUT2D eigenvalue weighted by Gasteiger charge is 2.45. The van der Waals surface area contributed by atoms with Gasteiger partial charge in [0.2, 0.25) is 5.91 Å². The fourth-order valence-electron chi connectivity index (χ4n) is 2.02. The first-order valence-electron chi connectivity index (χ1n) is 6.80. The van der Waals surface area contributed by atoms with Crippen LogP contribution in [-0.2, 0) is 19.0 Å². The minimum Gasteiger partial charge on any atom is -0.394 e. The molecule has 1 rings (SSSR count). The fourth-order valence-corrected chi connectivity index (χ4v) is 2.02. The number of rotatable bonds is 8. The van der Waals surface area contributed by atoms with E-state index in [4.69, 9.17) is 25.1 Å². The SMILES string of the molecule is CC(=O)NC1C(O)[C@@H](O)C(CO)O[C@@H]1OCCOCCN. The number of hydrogen-bond acceptors (Lipinski definition) is 8. The molecule has 1 aliphatic heterocycles. The zero-order chi connectivity index (χ0) is 15.8. The second-order valence-corrected chi connectivity index (χ2v) is 4.70. The molecular weight excluding hydrogens is 284 g/mol. The Morgan fingerprint density at radius 1 is 1.29 bits per heavy atom. The quantitative estimate of drug-likeness (QED) is 0.297. The Morgan fingerprint density at radius 2 is 2.00 bits per heavy atom. The third-order valence-electron chi connectivity index (χ3n) is 3.02. The minimum absolute atomic E-state index is 0.154. The van der Waals surface area contributed by atoms with E-state index in [1.807, 2.05) is 0 Å². The molecule has 0 bridgehead atoms. The Kier molecular flexibility index (Phi) is 8.04. The van der Waals surface area contributed by atoms with Crippen LogP contribution in [-0.4, -0.2) is 84.8 Å². The summed E-state index contributed by atoms with van der Waals surface area (Å²) >= 11 is 0. The molecule has 9 nitrogen and oxygen atoms in total. The highest BCUT2D eigenvalue weighted by Crippen LogP contribution is 2.22. The Bertz CT molecular complexity index is 318. The standard InChI is InChI=1S/C12H24N2O7/c1-7(16)14-9-11(18)10(17)8(6-15)21-12(9)20-5-4-19-3-2-13/h8-12,15,17-18H,2-6,13H2,1H3,(H,14,16)/t8?,9?,10-,11?,12-/m0/s1. The molecule has 124 valence electrons. The molecule has 21 heavy (non-hydrogen) atoms. The van der Waals surface area contributed by atoms with Gasteiger partial charge in [-0.2, -0.15) is 0 Å². The Balaban J connectivity index is 2.58. The first-order chi connectivity index (χ1) is 10.0. The van der Waals surface area contributed by atoms with Gasteiger partial charge in [-0.1, -0.05) is 0 Å². The summed E-state index contributed by atoms with van der Waals surface area (Å²) in [6, 6.07) is -0.935. The van der Waals surface area contributed by atoms with Gasteiger partial charge in [0, 0.05) is 13.5 Å². The molecule has 0 aromatic carbocycles. The number of carbonyl (C=O) groups is 1. The van der Waals surface area contributed by atoms with Gasteiger partial charge in [0.15, 0.2) is 6.29 Å². The highest BCUT2D eigenvalue weighted by molar-refractivity contribution is 5.73. The molecule has 3 unspecified atom stereocenters. The summed E-state index contributed by atoms with van der Waals surface area (Å²) in [5.74, 6) is -0.398.